The van der Waals surface area contributed by atoms with Crippen molar-refractivity contribution in [3.8, 4) is 0 Å². The number of halogens is 2. The second-order valence-electron chi connectivity index (χ2n) is 6.59. The largest absolute Gasteiger partial charge is 0.356 e. The van der Waals surface area contributed by atoms with Gasteiger partial charge in [0.1, 0.15) is 0 Å². The zero-order valence-corrected chi connectivity index (χ0v) is 18.2. The quantitative estimate of drug-likeness (QED) is 0.244. The van der Waals surface area contributed by atoms with Crippen molar-refractivity contribution in [3.63, 3.8) is 0 Å². The number of guanidine groups is 1. The van der Waals surface area contributed by atoms with E-state index in [2.05, 4.69) is 27.0 Å². The van der Waals surface area contributed by atoms with Crippen LogP contribution in [0.2, 0.25) is 5.02 Å². The Morgan fingerprint density at radius 1 is 1.24 bits per heavy atom. The van der Waals surface area contributed by atoms with Gasteiger partial charge in [-0.05, 0) is 30.5 Å². The number of carbonyl (C=O) groups excluding carboxylic acids is 1. The summed E-state index contributed by atoms with van der Waals surface area (Å²) >= 11 is 6.11. The van der Waals surface area contributed by atoms with Gasteiger partial charge < -0.3 is 16.0 Å². The minimum Gasteiger partial charge on any atom is -0.356 e. The second kappa shape index (κ2) is 10.2. The molecule has 1 amide bonds. The third-order valence-electron chi connectivity index (χ3n) is 4.35. The monoisotopic (exact) mass is 478 g/mol. The summed E-state index contributed by atoms with van der Waals surface area (Å²) in [5.41, 5.74) is 1.44. The Morgan fingerprint density at radius 3 is 2.48 bits per heavy atom. The summed E-state index contributed by atoms with van der Waals surface area (Å²) in [6.45, 7) is 5.81. The number of hydrogen-bond donors (Lipinski definition) is 3. The molecule has 3 N–H and O–H groups in total. The smallest absolute Gasteiger partial charge is 0.222 e. The maximum Gasteiger partial charge on any atom is 0.222 e. The fraction of sp³-hybridized carbons (Fsp3) is 0.556. The predicted octanol–water partition coefficient (Wildman–Crippen LogP) is 2.93. The van der Waals surface area contributed by atoms with E-state index in [4.69, 9.17) is 11.6 Å². The fourth-order valence-corrected chi connectivity index (χ4v) is 2.77. The van der Waals surface area contributed by atoms with Gasteiger partial charge in [-0.25, -0.2) is 0 Å². The SMILES string of the molecule is CN=C(NCCNC(=O)C(C)C)NCC1(c2cccc(Cl)c2)CC1.I. The number of carbonyl (C=O) groups is 1. The van der Waals surface area contributed by atoms with Crippen molar-refractivity contribution in [2.45, 2.75) is 32.1 Å². The number of amides is 1. The summed E-state index contributed by atoms with van der Waals surface area (Å²) in [6, 6.07) is 8.09. The maximum atomic E-state index is 11.5. The third-order valence-corrected chi connectivity index (χ3v) is 4.58. The van der Waals surface area contributed by atoms with Crippen molar-refractivity contribution in [1.82, 2.24) is 16.0 Å². The molecule has 7 heteroatoms. The number of rotatable bonds is 7. The summed E-state index contributed by atoms with van der Waals surface area (Å²) in [4.78, 5) is 15.7. The van der Waals surface area contributed by atoms with Crippen LogP contribution in [0, 0.1) is 5.92 Å². The number of benzene rings is 1. The molecule has 0 heterocycles. The molecule has 0 saturated heterocycles. The van der Waals surface area contributed by atoms with Gasteiger partial charge >= 0.3 is 0 Å². The van der Waals surface area contributed by atoms with Crippen LogP contribution in [0.4, 0.5) is 0 Å². The van der Waals surface area contributed by atoms with Crippen LogP contribution in [0.3, 0.4) is 0 Å². The topological polar surface area (TPSA) is 65.5 Å². The summed E-state index contributed by atoms with van der Waals surface area (Å²) in [5, 5.41) is 10.3. The maximum absolute atomic E-state index is 11.5. The van der Waals surface area contributed by atoms with E-state index in [1.807, 2.05) is 32.0 Å². The average molecular weight is 479 g/mol. The van der Waals surface area contributed by atoms with Gasteiger partial charge in [0.15, 0.2) is 5.96 Å². The first kappa shape index (κ1) is 22.0. The molecular formula is C18H28ClIN4O. The summed E-state index contributed by atoms with van der Waals surface area (Å²) < 4.78 is 0. The Kier molecular flexibility index (Phi) is 8.99. The zero-order valence-electron chi connectivity index (χ0n) is 15.1. The lowest BCUT2D eigenvalue weighted by atomic mass is 9.96. The molecule has 0 atom stereocenters. The van der Waals surface area contributed by atoms with Crippen LogP contribution in [-0.4, -0.2) is 38.5 Å². The molecule has 1 aliphatic rings. The van der Waals surface area contributed by atoms with Crippen molar-refractivity contribution in [1.29, 1.82) is 0 Å². The molecule has 1 aromatic rings. The molecule has 140 valence electrons. The van der Waals surface area contributed by atoms with Crippen LogP contribution in [0.5, 0.6) is 0 Å². The molecule has 1 fully saturated rings. The molecule has 0 radical (unpaired) electrons. The molecule has 0 unspecified atom stereocenters. The molecule has 25 heavy (non-hydrogen) atoms. The van der Waals surface area contributed by atoms with Crippen LogP contribution >= 0.6 is 35.6 Å². The van der Waals surface area contributed by atoms with Gasteiger partial charge in [0, 0.05) is 43.0 Å². The summed E-state index contributed by atoms with van der Waals surface area (Å²) in [6.07, 6.45) is 2.31. The van der Waals surface area contributed by atoms with Gasteiger partial charge in [-0.3, -0.25) is 9.79 Å². The third kappa shape index (κ3) is 6.66. The Labute approximate surface area is 172 Å². The molecule has 5 nitrogen and oxygen atoms in total. The van der Waals surface area contributed by atoms with Crippen LogP contribution in [-0.2, 0) is 10.2 Å². The normalized spacial score (nSPS) is 15.3. The molecular weight excluding hydrogens is 451 g/mol. The minimum atomic E-state index is 0. The Balaban J connectivity index is 0.00000312. The lowest BCUT2D eigenvalue weighted by Gasteiger charge is -2.19. The van der Waals surface area contributed by atoms with Crippen molar-refractivity contribution in [2.75, 3.05) is 26.7 Å². The van der Waals surface area contributed by atoms with Gasteiger partial charge in [-0.1, -0.05) is 37.6 Å². The molecule has 2 rings (SSSR count). The lowest BCUT2D eigenvalue weighted by molar-refractivity contribution is -0.123. The minimum absolute atomic E-state index is 0. The van der Waals surface area contributed by atoms with Gasteiger partial charge in [0.25, 0.3) is 0 Å². The zero-order chi connectivity index (χ0) is 17.6. The molecule has 1 saturated carbocycles. The first-order valence-corrected chi connectivity index (χ1v) is 8.83. The van der Waals surface area contributed by atoms with Crippen LogP contribution in [0.15, 0.2) is 29.3 Å². The average Bonchev–Trinajstić information content (AvgIpc) is 3.35. The fourth-order valence-electron chi connectivity index (χ4n) is 2.58. The predicted molar refractivity (Wildman–Crippen MR) is 115 cm³/mol. The highest BCUT2D eigenvalue weighted by atomic mass is 127. The lowest BCUT2D eigenvalue weighted by Crippen LogP contribution is -2.44. The van der Waals surface area contributed by atoms with E-state index in [0.717, 1.165) is 30.4 Å². The van der Waals surface area contributed by atoms with E-state index < -0.39 is 0 Å². The van der Waals surface area contributed by atoms with Crippen LogP contribution in [0.1, 0.15) is 32.3 Å². The second-order valence-corrected chi connectivity index (χ2v) is 7.03. The number of nitrogens with one attached hydrogen (secondary N) is 3. The Bertz CT molecular complexity index is 602. The van der Waals surface area contributed by atoms with Crippen LogP contribution in [0.25, 0.3) is 0 Å². The van der Waals surface area contributed by atoms with E-state index >= 15 is 0 Å². The van der Waals surface area contributed by atoms with Gasteiger partial charge in [0.05, 0.1) is 0 Å². The number of nitrogens with zero attached hydrogens (tertiary/aromatic N) is 1. The van der Waals surface area contributed by atoms with E-state index in [1.54, 1.807) is 7.05 Å². The van der Waals surface area contributed by atoms with E-state index in [9.17, 15) is 4.79 Å². The van der Waals surface area contributed by atoms with Crippen molar-refractivity contribution in [3.05, 3.63) is 34.9 Å². The summed E-state index contributed by atoms with van der Waals surface area (Å²) in [5.74, 6) is 0.828. The molecule has 0 spiro atoms. The highest BCUT2D eigenvalue weighted by molar-refractivity contribution is 14.0. The van der Waals surface area contributed by atoms with Crippen molar-refractivity contribution >= 4 is 47.4 Å². The standard InChI is InChI=1S/C18H27ClN4O.HI/c1-13(2)16(24)21-9-10-22-17(20-3)23-12-18(7-8-18)14-5-4-6-15(19)11-14;/h4-6,11,13H,7-10,12H2,1-3H3,(H,21,24)(H2,20,22,23);1H. The van der Waals surface area contributed by atoms with Crippen molar-refractivity contribution < 1.29 is 4.79 Å². The van der Waals surface area contributed by atoms with Gasteiger partial charge in [-0.15, -0.1) is 24.0 Å². The van der Waals surface area contributed by atoms with Crippen molar-refractivity contribution in [2.24, 2.45) is 10.9 Å². The first-order chi connectivity index (χ1) is 11.5. The number of aliphatic imine (C=N–C) groups is 1. The Hall–Kier alpha value is -1.02. The molecule has 0 aliphatic heterocycles. The summed E-state index contributed by atoms with van der Waals surface area (Å²) in [7, 11) is 1.75. The highest BCUT2D eigenvalue weighted by Crippen LogP contribution is 2.48. The van der Waals surface area contributed by atoms with Crippen LogP contribution < -0.4 is 16.0 Å². The number of hydrogen-bond acceptors (Lipinski definition) is 2. The highest BCUT2D eigenvalue weighted by Gasteiger charge is 2.44. The van der Waals surface area contributed by atoms with E-state index in [-0.39, 0.29) is 41.2 Å². The van der Waals surface area contributed by atoms with Gasteiger partial charge in [0.2, 0.25) is 5.91 Å². The molecule has 1 aromatic carbocycles. The van der Waals surface area contributed by atoms with E-state index in [1.165, 1.54) is 5.56 Å². The van der Waals surface area contributed by atoms with E-state index in [0.29, 0.717) is 13.1 Å². The molecule has 0 bridgehead atoms. The Morgan fingerprint density at radius 2 is 1.92 bits per heavy atom. The van der Waals surface area contributed by atoms with Gasteiger partial charge in [-0.2, -0.15) is 0 Å². The molecule has 0 aromatic heterocycles. The first-order valence-electron chi connectivity index (χ1n) is 8.45. The molecule has 1 aliphatic carbocycles.